The van der Waals surface area contributed by atoms with Gasteiger partial charge in [0.05, 0.1) is 0 Å². The Morgan fingerprint density at radius 1 is 1.50 bits per heavy atom. The lowest BCUT2D eigenvalue weighted by molar-refractivity contribution is -0.122. The van der Waals surface area contributed by atoms with Crippen LogP contribution in [0.4, 0.5) is 0 Å². The third-order valence-corrected chi connectivity index (χ3v) is 2.30. The molecule has 6 heteroatoms. The minimum atomic E-state index is -1.36. The molecule has 1 aliphatic heterocycles. The van der Waals surface area contributed by atoms with Gasteiger partial charge < -0.3 is 9.59 Å². The van der Waals surface area contributed by atoms with E-state index in [0.29, 0.717) is 12.6 Å². The van der Waals surface area contributed by atoms with Crippen LogP contribution in [0.2, 0.25) is 0 Å². The SMILES string of the molecule is O=CC1(C=O)CN(Cl)CN=C1Cl. The summed E-state index contributed by atoms with van der Waals surface area (Å²) in [4.78, 5) is 24.9. The Morgan fingerprint density at radius 2 is 2.08 bits per heavy atom. The van der Waals surface area contributed by atoms with Crippen molar-refractivity contribution in [2.24, 2.45) is 10.4 Å². The second-order valence-electron chi connectivity index (χ2n) is 2.49. The normalized spacial score (nSPS) is 23.0. The van der Waals surface area contributed by atoms with Gasteiger partial charge in [-0.25, -0.2) is 0 Å². The maximum Gasteiger partial charge on any atom is 0.147 e. The van der Waals surface area contributed by atoms with Gasteiger partial charge in [0.1, 0.15) is 29.8 Å². The van der Waals surface area contributed by atoms with Gasteiger partial charge in [-0.15, -0.1) is 0 Å². The predicted octanol–water partition coefficient (Wildman–Crippen LogP) is 0.435. The molecule has 0 spiro atoms. The monoisotopic (exact) mass is 208 g/mol. The first kappa shape index (κ1) is 9.64. The standard InChI is InChI=1S/C6H6Cl2N2O2/c7-5-6(2-11,3-12)1-10(8)4-9-5/h2-3H,1,4H2. The van der Waals surface area contributed by atoms with Crippen molar-refractivity contribution in [3.05, 3.63) is 0 Å². The summed E-state index contributed by atoms with van der Waals surface area (Å²) >= 11 is 11.2. The van der Waals surface area contributed by atoms with E-state index in [1.54, 1.807) is 0 Å². The molecule has 0 saturated carbocycles. The van der Waals surface area contributed by atoms with Crippen molar-refractivity contribution in [1.29, 1.82) is 0 Å². The lowest BCUT2D eigenvalue weighted by Gasteiger charge is -2.27. The number of aldehydes is 2. The van der Waals surface area contributed by atoms with Gasteiger partial charge in [0.15, 0.2) is 0 Å². The summed E-state index contributed by atoms with van der Waals surface area (Å²) < 4.78 is 1.23. The van der Waals surface area contributed by atoms with Gasteiger partial charge in [-0.2, -0.15) is 4.42 Å². The average Bonchev–Trinajstić information content (AvgIpc) is 2.09. The van der Waals surface area contributed by atoms with E-state index < -0.39 is 5.41 Å². The molecule has 0 aliphatic carbocycles. The molecule has 1 rings (SSSR count). The molecular weight excluding hydrogens is 203 g/mol. The van der Waals surface area contributed by atoms with Gasteiger partial charge in [0, 0.05) is 6.54 Å². The molecule has 0 amide bonds. The van der Waals surface area contributed by atoms with Crippen molar-refractivity contribution < 1.29 is 9.59 Å². The maximum absolute atomic E-state index is 10.6. The zero-order valence-electron chi connectivity index (χ0n) is 6.04. The molecule has 0 aromatic rings. The fourth-order valence-corrected chi connectivity index (χ4v) is 1.34. The van der Waals surface area contributed by atoms with Gasteiger partial charge in [0.25, 0.3) is 0 Å². The van der Waals surface area contributed by atoms with Crippen LogP contribution in [0.3, 0.4) is 0 Å². The van der Waals surface area contributed by atoms with E-state index in [1.807, 2.05) is 0 Å². The first-order valence-corrected chi connectivity index (χ1v) is 3.90. The number of aliphatic imine (C=N–C) groups is 1. The number of rotatable bonds is 2. The highest BCUT2D eigenvalue weighted by Gasteiger charge is 2.39. The maximum atomic E-state index is 10.6. The van der Waals surface area contributed by atoms with Crippen LogP contribution < -0.4 is 0 Å². The summed E-state index contributed by atoms with van der Waals surface area (Å²) in [7, 11) is 0. The molecule has 12 heavy (non-hydrogen) atoms. The van der Waals surface area contributed by atoms with Crippen molar-refractivity contribution in [2.45, 2.75) is 0 Å². The third-order valence-electron chi connectivity index (χ3n) is 1.60. The van der Waals surface area contributed by atoms with Crippen LogP contribution in [0, 0.1) is 5.41 Å². The van der Waals surface area contributed by atoms with Crippen LogP contribution in [0.1, 0.15) is 0 Å². The first-order valence-electron chi connectivity index (χ1n) is 3.18. The van der Waals surface area contributed by atoms with Crippen molar-refractivity contribution >= 4 is 41.1 Å². The van der Waals surface area contributed by atoms with E-state index in [9.17, 15) is 9.59 Å². The van der Waals surface area contributed by atoms with E-state index >= 15 is 0 Å². The molecule has 0 unspecified atom stereocenters. The molecule has 0 aromatic heterocycles. The molecule has 0 aromatic carbocycles. The number of hydrogen-bond donors (Lipinski definition) is 0. The van der Waals surface area contributed by atoms with Crippen molar-refractivity contribution in [3.8, 4) is 0 Å². The molecule has 0 fully saturated rings. The van der Waals surface area contributed by atoms with Gasteiger partial charge >= 0.3 is 0 Å². The molecule has 0 atom stereocenters. The zero-order chi connectivity index (χ0) is 9.19. The minimum absolute atomic E-state index is 0.00407. The fraction of sp³-hybridized carbons (Fsp3) is 0.500. The van der Waals surface area contributed by atoms with Gasteiger partial charge in [-0.05, 0) is 11.8 Å². The predicted molar refractivity (Wildman–Crippen MR) is 45.3 cm³/mol. The fourth-order valence-electron chi connectivity index (χ4n) is 0.885. The Balaban J connectivity index is 3.00. The highest BCUT2D eigenvalue weighted by atomic mass is 35.5. The second-order valence-corrected chi connectivity index (χ2v) is 3.32. The van der Waals surface area contributed by atoms with E-state index in [1.165, 1.54) is 4.42 Å². The Hall–Kier alpha value is -0.450. The zero-order valence-corrected chi connectivity index (χ0v) is 7.55. The number of hydrogen-bond acceptors (Lipinski definition) is 4. The van der Waals surface area contributed by atoms with E-state index in [-0.39, 0.29) is 18.4 Å². The molecule has 66 valence electrons. The van der Waals surface area contributed by atoms with Crippen molar-refractivity contribution in [2.75, 3.05) is 13.2 Å². The molecule has 0 radical (unpaired) electrons. The lowest BCUT2D eigenvalue weighted by atomic mass is 9.92. The molecule has 0 bridgehead atoms. The second kappa shape index (κ2) is 3.51. The van der Waals surface area contributed by atoms with E-state index in [4.69, 9.17) is 23.4 Å². The van der Waals surface area contributed by atoms with Crippen LogP contribution in [-0.4, -0.2) is 35.4 Å². The minimum Gasteiger partial charge on any atom is -0.302 e. The number of carbonyl (C=O) groups excluding carboxylic acids is 2. The number of halogens is 2. The molecular formula is C6H6Cl2N2O2. The van der Waals surface area contributed by atoms with Gasteiger partial charge in [-0.3, -0.25) is 4.99 Å². The van der Waals surface area contributed by atoms with Crippen LogP contribution in [0.5, 0.6) is 0 Å². The van der Waals surface area contributed by atoms with E-state index in [2.05, 4.69) is 4.99 Å². The van der Waals surface area contributed by atoms with Crippen LogP contribution in [-0.2, 0) is 9.59 Å². The molecule has 1 heterocycles. The number of nitrogens with zero attached hydrogens (tertiary/aromatic N) is 2. The van der Waals surface area contributed by atoms with E-state index in [0.717, 1.165) is 0 Å². The summed E-state index contributed by atoms with van der Waals surface area (Å²) in [5.41, 5.74) is -1.36. The Morgan fingerprint density at radius 3 is 2.50 bits per heavy atom. The largest absolute Gasteiger partial charge is 0.302 e. The average molecular weight is 209 g/mol. The van der Waals surface area contributed by atoms with Gasteiger partial charge in [-0.1, -0.05) is 11.6 Å². The van der Waals surface area contributed by atoms with Gasteiger partial charge in [0.2, 0.25) is 0 Å². The van der Waals surface area contributed by atoms with Crippen molar-refractivity contribution in [3.63, 3.8) is 0 Å². The molecule has 0 saturated heterocycles. The highest BCUT2D eigenvalue weighted by molar-refractivity contribution is 6.69. The van der Waals surface area contributed by atoms with Crippen LogP contribution in [0.15, 0.2) is 4.99 Å². The Labute approximate surface area is 79.3 Å². The van der Waals surface area contributed by atoms with Crippen molar-refractivity contribution in [1.82, 2.24) is 4.42 Å². The quantitative estimate of drug-likeness (QED) is 0.376. The molecule has 1 aliphatic rings. The topological polar surface area (TPSA) is 49.7 Å². The Bertz CT molecular complexity index is 234. The number of carbonyl (C=O) groups is 2. The smallest absolute Gasteiger partial charge is 0.147 e. The Kier molecular flexibility index (Phi) is 2.82. The first-order chi connectivity index (χ1) is 5.64. The summed E-state index contributed by atoms with van der Waals surface area (Å²) in [6.45, 7) is 0.272. The van der Waals surface area contributed by atoms with Crippen LogP contribution >= 0.6 is 23.4 Å². The molecule has 0 N–H and O–H groups in total. The molecule has 4 nitrogen and oxygen atoms in total. The lowest BCUT2D eigenvalue weighted by Crippen LogP contribution is -2.44. The third kappa shape index (κ3) is 1.50. The summed E-state index contributed by atoms with van der Waals surface area (Å²) in [5, 5.41) is 0.00407. The summed E-state index contributed by atoms with van der Waals surface area (Å²) in [6.07, 6.45) is 0.917. The highest BCUT2D eigenvalue weighted by Crippen LogP contribution is 2.23. The summed E-state index contributed by atoms with van der Waals surface area (Å²) in [6, 6.07) is 0. The van der Waals surface area contributed by atoms with Crippen LogP contribution in [0.25, 0.3) is 0 Å². The summed E-state index contributed by atoms with van der Waals surface area (Å²) in [5.74, 6) is 0.